The molecule has 0 aliphatic heterocycles. The van der Waals surface area contributed by atoms with Gasteiger partial charge >= 0.3 is 0 Å². The number of hydroxylamine groups is 1. The second-order valence-electron chi connectivity index (χ2n) is 3.43. The minimum Gasteiger partial charge on any atom is -0.288 e. The number of rotatable bonds is 1. The van der Waals surface area contributed by atoms with E-state index >= 15 is 0 Å². The lowest BCUT2D eigenvalue weighted by Gasteiger charge is -2.05. The molecule has 2 aromatic rings. The Bertz CT molecular complexity index is 569. The number of carbonyl (C=O) groups excluding carboxylic acids is 1. The van der Waals surface area contributed by atoms with Crippen LogP contribution in [0.5, 0.6) is 0 Å². The molecule has 4 nitrogen and oxygen atoms in total. The molecule has 16 heavy (non-hydrogen) atoms. The number of nitrogens with zero attached hydrogens (tertiary/aromatic N) is 1. The second kappa shape index (κ2) is 4.08. The van der Waals surface area contributed by atoms with Crippen molar-refractivity contribution in [2.75, 3.05) is 0 Å². The number of nitrogens with one attached hydrogen (secondary N) is 1. The summed E-state index contributed by atoms with van der Waals surface area (Å²) in [5.74, 6) is -0.625. The summed E-state index contributed by atoms with van der Waals surface area (Å²) in [6.45, 7) is 1.86. The SMILES string of the molecule is Cc1cc(C(=O)NO)nc2ccc(Cl)cc12. The third-order valence-electron chi connectivity index (χ3n) is 2.31. The number of hydrogen-bond acceptors (Lipinski definition) is 3. The van der Waals surface area contributed by atoms with Crippen molar-refractivity contribution in [3.05, 3.63) is 40.5 Å². The Morgan fingerprint density at radius 3 is 2.88 bits per heavy atom. The van der Waals surface area contributed by atoms with Crippen molar-refractivity contribution < 1.29 is 10.0 Å². The number of halogens is 1. The van der Waals surface area contributed by atoms with Gasteiger partial charge in [-0.1, -0.05) is 11.6 Å². The predicted molar refractivity (Wildman–Crippen MR) is 60.7 cm³/mol. The molecule has 1 heterocycles. The van der Waals surface area contributed by atoms with Crippen LogP contribution in [0.15, 0.2) is 24.3 Å². The highest BCUT2D eigenvalue weighted by atomic mass is 35.5. The van der Waals surface area contributed by atoms with Gasteiger partial charge in [0, 0.05) is 10.4 Å². The van der Waals surface area contributed by atoms with E-state index in [2.05, 4.69) is 4.98 Å². The third-order valence-corrected chi connectivity index (χ3v) is 2.55. The Morgan fingerprint density at radius 2 is 2.19 bits per heavy atom. The molecule has 0 spiro atoms. The highest BCUT2D eigenvalue weighted by Crippen LogP contribution is 2.21. The molecular weight excluding hydrogens is 228 g/mol. The van der Waals surface area contributed by atoms with Gasteiger partial charge in [0.25, 0.3) is 5.91 Å². The topological polar surface area (TPSA) is 62.2 Å². The minimum absolute atomic E-state index is 0.176. The van der Waals surface area contributed by atoms with Gasteiger partial charge in [-0.25, -0.2) is 10.5 Å². The molecule has 2 N–H and O–H groups in total. The lowest BCUT2D eigenvalue weighted by molar-refractivity contribution is 0.0701. The van der Waals surface area contributed by atoms with Crippen LogP contribution in [-0.4, -0.2) is 16.1 Å². The normalized spacial score (nSPS) is 10.4. The number of fused-ring (bicyclic) bond motifs is 1. The Labute approximate surface area is 96.8 Å². The first-order valence-corrected chi connectivity index (χ1v) is 5.01. The average Bonchev–Trinajstić information content (AvgIpc) is 2.28. The van der Waals surface area contributed by atoms with E-state index in [1.165, 1.54) is 0 Å². The van der Waals surface area contributed by atoms with Crippen LogP contribution in [0, 0.1) is 6.92 Å². The van der Waals surface area contributed by atoms with Crippen molar-refractivity contribution in [3.8, 4) is 0 Å². The Morgan fingerprint density at radius 1 is 1.44 bits per heavy atom. The summed E-state index contributed by atoms with van der Waals surface area (Å²) < 4.78 is 0. The van der Waals surface area contributed by atoms with Gasteiger partial charge in [0.15, 0.2) is 0 Å². The number of pyridine rings is 1. The Balaban J connectivity index is 2.68. The molecule has 0 bridgehead atoms. The molecule has 1 aromatic heterocycles. The van der Waals surface area contributed by atoms with E-state index in [4.69, 9.17) is 16.8 Å². The third kappa shape index (κ3) is 1.85. The van der Waals surface area contributed by atoms with Crippen LogP contribution in [0.25, 0.3) is 10.9 Å². The molecule has 82 valence electrons. The summed E-state index contributed by atoms with van der Waals surface area (Å²) in [7, 11) is 0. The van der Waals surface area contributed by atoms with Gasteiger partial charge in [0.2, 0.25) is 0 Å². The Hall–Kier alpha value is -1.65. The maximum Gasteiger partial charge on any atom is 0.293 e. The molecule has 0 aliphatic rings. The highest BCUT2D eigenvalue weighted by Gasteiger charge is 2.09. The minimum atomic E-state index is -0.625. The number of aryl methyl sites for hydroxylation is 1. The van der Waals surface area contributed by atoms with E-state index in [1.807, 2.05) is 6.92 Å². The van der Waals surface area contributed by atoms with Crippen LogP contribution in [0.4, 0.5) is 0 Å². The average molecular weight is 237 g/mol. The molecule has 1 aromatic carbocycles. The van der Waals surface area contributed by atoms with Crippen molar-refractivity contribution in [2.24, 2.45) is 0 Å². The molecule has 0 saturated carbocycles. The van der Waals surface area contributed by atoms with E-state index in [0.717, 1.165) is 10.9 Å². The summed E-state index contributed by atoms with van der Waals surface area (Å²) >= 11 is 5.87. The largest absolute Gasteiger partial charge is 0.293 e. The lowest BCUT2D eigenvalue weighted by atomic mass is 10.1. The summed E-state index contributed by atoms with van der Waals surface area (Å²) in [6, 6.07) is 6.83. The molecule has 0 saturated heterocycles. The lowest BCUT2D eigenvalue weighted by Crippen LogP contribution is -2.20. The summed E-state index contributed by atoms with van der Waals surface area (Å²) in [4.78, 5) is 15.3. The molecule has 0 aliphatic carbocycles. The van der Waals surface area contributed by atoms with E-state index in [-0.39, 0.29) is 5.69 Å². The first-order chi connectivity index (χ1) is 7.61. The molecule has 0 radical (unpaired) electrons. The number of carbonyl (C=O) groups is 1. The molecule has 1 amide bonds. The zero-order valence-electron chi connectivity index (χ0n) is 8.49. The number of hydrogen-bond donors (Lipinski definition) is 2. The first kappa shape index (κ1) is 10.9. The van der Waals surface area contributed by atoms with E-state index in [1.54, 1.807) is 29.7 Å². The fourth-order valence-corrected chi connectivity index (χ4v) is 1.71. The van der Waals surface area contributed by atoms with Crippen molar-refractivity contribution in [1.82, 2.24) is 10.5 Å². The summed E-state index contributed by atoms with van der Waals surface area (Å²) in [6.07, 6.45) is 0. The van der Waals surface area contributed by atoms with Crippen LogP contribution in [0.1, 0.15) is 16.1 Å². The van der Waals surface area contributed by atoms with Crippen molar-refractivity contribution in [2.45, 2.75) is 6.92 Å². The quantitative estimate of drug-likeness (QED) is 0.590. The van der Waals surface area contributed by atoms with Crippen LogP contribution >= 0.6 is 11.6 Å². The fourth-order valence-electron chi connectivity index (χ4n) is 1.54. The van der Waals surface area contributed by atoms with Crippen LogP contribution in [0.3, 0.4) is 0 Å². The summed E-state index contributed by atoms with van der Waals surface area (Å²) in [5.41, 5.74) is 3.28. The van der Waals surface area contributed by atoms with Crippen LogP contribution in [-0.2, 0) is 0 Å². The molecule has 0 atom stereocenters. The van der Waals surface area contributed by atoms with Gasteiger partial charge in [-0.2, -0.15) is 0 Å². The zero-order chi connectivity index (χ0) is 11.7. The molecule has 0 fully saturated rings. The van der Waals surface area contributed by atoms with Crippen LogP contribution in [0.2, 0.25) is 5.02 Å². The van der Waals surface area contributed by atoms with Gasteiger partial charge in [0.1, 0.15) is 5.69 Å². The van der Waals surface area contributed by atoms with Crippen LogP contribution < -0.4 is 5.48 Å². The van der Waals surface area contributed by atoms with E-state index < -0.39 is 5.91 Å². The number of aromatic nitrogens is 1. The van der Waals surface area contributed by atoms with E-state index in [0.29, 0.717) is 10.5 Å². The Kier molecular flexibility index (Phi) is 2.77. The second-order valence-corrected chi connectivity index (χ2v) is 3.86. The molecule has 0 unspecified atom stereocenters. The van der Waals surface area contributed by atoms with E-state index in [9.17, 15) is 4.79 Å². The van der Waals surface area contributed by atoms with Crippen molar-refractivity contribution in [1.29, 1.82) is 0 Å². The predicted octanol–water partition coefficient (Wildman–Crippen LogP) is 2.32. The fraction of sp³-hybridized carbons (Fsp3) is 0.0909. The summed E-state index contributed by atoms with van der Waals surface area (Å²) in [5, 5.41) is 10.0. The highest BCUT2D eigenvalue weighted by molar-refractivity contribution is 6.31. The zero-order valence-corrected chi connectivity index (χ0v) is 9.25. The first-order valence-electron chi connectivity index (χ1n) is 4.63. The molecule has 2 rings (SSSR count). The smallest absolute Gasteiger partial charge is 0.288 e. The van der Waals surface area contributed by atoms with Gasteiger partial charge < -0.3 is 0 Å². The molecule has 5 heteroatoms. The van der Waals surface area contributed by atoms with Crippen molar-refractivity contribution in [3.63, 3.8) is 0 Å². The maximum atomic E-state index is 11.2. The maximum absolute atomic E-state index is 11.2. The number of amides is 1. The number of benzene rings is 1. The molecular formula is C11H9ClN2O2. The van der Waals surface area contributed by atoms with Gasteiger partial charge in [-0.05, 0) is 36.8 Å². The standard InChI is InChI=1S/C11H9ClN2O2/c1-6-4-10(11(15)14-16)13-9-3-2-7(12)5-8(6)9/h2-5,16H,1H3,(H,14,15). The van der Waals surface area contributed by atoms with Crippen molar-refractivity contribution >= 4 is 28.4 Å². The monoisotopic (exact) mass is 236 g/mol. The van der Waals surface area contributed by atoms with Gasteiger partial charge in [-0.15, -0.1) is 0 Å². The van der Waals surface area contributed by atoms with Gasteiger partial charge in [0.05, 0.1) is 5.52 Å². The van der Waals surface area contributed by atoms with Gasteiger partial charge in [-0.3, -0.25) is 10.0 Å².